The summed E-state index contributed by atoms with van der Waals surface area (Å²) in [5.41, 5.74) is -0.928. The lowest BCUT2D eigenvalue weighted by atomic mass is 9.79. The van der Waals surface area contributed by atoms with Crippen LogP contribution in [0.5, 0.6) is 0 Å². The fourth-order valence-electron chi connectivity index (χ4n) is 5.67. The molecule has 0 aliphatic carbocycles. The van der Waals surface area contributed by atoms with E-state index >= 15 is 0 Å². The topological polar surface area (TPSA) is 52.6 Å². The zero-order valence-corrected chi connectivity index (χ0v) is 24.7. The van der Waals surface area contributed by atoms with Crippen LogP contribution in [-0.4, -0.2) is 39.5 Å². The summed E-state index contributed by atoms with van der Waals surface area (Å²) in [6.07, 6.45) is 1.57. The summed E-state index contributed by atoms with van der Waals surface area (Å²) in [5.74, 6) is -0.0313. The predicted octanol–water partition coefficient (Wildman–Crippen LogP) is 6.47. The van der Waals surface area contributed by atoms with Crippen LogP contribution < -0.4 is 21.2 Å². The van der Waals surface area contributed by atoms with Gasteiger partial charge in [-0.15, -0.1) is 0 Å². The summed E-state index contributed by atoms with van der Waals surface area (Å²) in [6.45, 7) is 8.00. The van der Waals surface area contributed by atoms with E-state index in [2.05, 4.69) is 5.32 Å². The lowest BCUT2D eigenvalue weighted by Crippen LogP contribution is -2.63. The van der Waals surface area contributed by atoms with Crippen LogP contribution in [0.15, 0.2) is 72.8 Å². The van der Waals surface area contributed by atoms with Gasteiger partial charge in [0.25, 0.3) is 5.91 Å². The van der Waals surface area contributed by atoms with Gasteiger partial charge in [-0.1, -0.05) is 34.8 Å². The first-order valence-corrected chi connectivity index (χ1v) is 15.4. The van der Waals surface area contributed by atoms with Crippen molar-refractivity contribution in [1.82, 2.24) is 10.4 Å². The molecule has 8 heteroatoms. The monoisotopic (exact) mass is 577 g/mol. The van der Waals surface area contributed by atoms with E-state index in [1.807, 2.05) is 100 Å². The number of halogens is 3. The van der Waals surface area contributed by atoms with E-state index in [-0.39, 0.29) is 18.1 Å². The molecule has 0 bridgehead atoms. The Kier molecular flexibility index (Phi) is 8.31. The molecule has 3 aromatic rings. The molecule has 2 N–H and O–H groups in total. The SMILES string of the molecule is CC1(C)CC(NC(=O)C[P+](c2ccc(Cl)cc2)(c2ccc(Cl)cc2)c2ccc(Cl)cc2)CC(C)(C)N1O. The van der Waals surface area contributed by atoms with Crippen molar-refractivity contribution >= 4 is 63.9 Å². The van der Waals surface area contributed by atoms with Gasteiger partial charge in [0.15, 0.2) is 6.16 Å². The van der Waals surface area contributed by atoms with Crippen molar-refractivity contribution in [2.45, 2.75) is 57.7 Å². The minimum atomic E-state index is -2.46. The van der Waals surface area contributed by atoms with Gasteiger partial charge in [0.1, 0.15) is 23.2 Å². The molecule has 0 atom stereocenters. The zero-order valence-electron chi connectivity index (χ0n) is 21.5. The number of hydroxylamine groups is 2. The molecule has 0 saturated carbocycles. The van der Waals surface area contributed by atoms with E-state index < -0.39 is 18.3 Å². The third kappa shape index (κ3) is 6.01. The van der Waals surface area contributed by atoms with Crippen LogP contribution in [0, 0.1) is 0 Å². The van der Waals surface area contributed by atoms with Crippen molar-refractivity contribution in [3.63, 3.8) is 0 Å². The number of carbonyl (C=O) groups is 1. The normalized spacial score (nSPS) is 17.9. The van der Waals surface area contributed by atoms with Crippen molar-refractivity contribution in [3.8, 4) is 0 Å². The van der Waals surface area contributed by atoms with Gasteiger partial charge < -0.3 is 10.5 Å². The van der Waals surface area contributed by atoms with Crippen molar-refractivity contribution in [2.75, 3.05) is 6.16 Å². The highest BCUT2D eigenvalue weighted by Crippen LogP contribution is 2.55. The average Bonchev–Trinajstić information content (AvgIpc) is 2.82. The Morgan fingerprint density at radius 2 is 1.11 bits per heavy atom. The predicted molar refractivity (Wildman–Crippen MR) is 158 cm³/mol. The molecule has 1 heterocycles. The Morgan fingerprint density at radius 1 is 0.784 bits per heavy atom. The molecular weight excluding hydrogens is 546 g/mol. The number of hydrogen-bond acceptors (Lipinski definition) is 3. The highest BCUT2D eigenvalue weighted by molar-refractivity contribution is 7.96. The molecule has 1 amide bonds. The molecule has 0 unspecified atom stereocenters. The fourth-order valence-corrected chi connectivity index (χ4v) is 9.99. The molecule has 0 radical (unpaired) electrons. The number of amides is 1. The van der Waals surface area contributed by atoms with Gasteiger partial charge in [0.05, 0.1) is 0 Å². The third-order valence-corrected chi connectivity index (χ3v) is 12.2. The van der Waals surface area contributed by atoms with E-state index in [4.69, 9.17) is 34.8 Å². The highest BCUT2D eigenvalue weighted by atomic mass is 35.5. The maximum atomic E-state index is 13.9. The van der Waals surface area contributed by atoms with Gasteiger partial charge in [-0.3, -0.25) is 4.79 Å². The Bertz CT molecular complexity index is 1120. The van der Waals surface area contributed by atoms with Crippen molar-refractivity contribution in [3.05, 3.63) is 87.9 Å². The van der Waals surface area contributed by atoms with E-state index in [9.17, 15) is 10.0 Å². The molecule has 4 nitrogen and oxygen atoms in total. The van der Waals surface area contributed by atoms with Gasteiger partial charge >= 0.3 is 0 Å². The second-order valence-corrected chi connectivity index (χ2v) is 15.8. The van der Waals surface area contributed by atoms with E-state index in [0.717, 1.165) is 15.9 Å². The Balaban J connectivity index is 1.79. The Labute approximate surface area is 235 Å². The maximum absolute atomic E-state index is 13.9. The fraction of sp³-hybridized carbons (Fsp3) is 0.345. The highest BCUT2D eigenvalue weighted by Gasteiger charge is 2.49. The lowest BCUT2D eigenvalue weighted by Gasteiger charge is -2.51. The van der Waals surface area contributed by atoms with Gasteiger partial charge in [0, 0.05) is 32.2 Å². The van der Waals surface area contributed by atoms with Crippen LogP contribution in [0.1, 0.15) is 40.5 Å². The van der Waals surface area contributed by atoms with E-state index in [1.54, 1.807) is 0 Å². The lowest BCUT2D eigenvalue weighted by molar-refractivity contribution is -0.246. The summed E-state index contributed by atoms with van der Waals surface area (Å²) < 4.78 is 0. The van der Waals surface area contributed by atoms with Crippen LogP contribution in [0.2, 0.25) is 15.1 Å². The molecule has 1 aliphatic rings. The summed E-state index contributed by atoms with van der Waals surface area (Å²) in [7, 11) is -2.46. The summed E-state index contributed by atoms with van der Waals surface area (Å²) in [5, 5.41) is 20.5. The number of nitrogens with zero attached hydrogens (tertiary/aromatic N) is 1. The molecule has 0 aromatic heterocycles. The van der Waals surface area contributed by atoms with Crippen LogP contribution >= 0.6 is 42.1 Å². The number of piperidine rings is 1. The van der Waals surface area contributed by atoms with Gasteiger partial charge in [-0.2, -0.15) is 5.06 Å². The molecule has 1 aliphatic heterocycles. The summed E-state index contributed by atoms with van der Waals surface area (Å²) in [4.78, 5) is 13.9. The van der Waals surface area contributed by atoms with Crippen molar-refractivity contribution in [2.24, 2.45) is 0 Å². The van der Waals surface area contributed by atoms with Gasteiger partial charge in [-0.25, -0.2) is 0 Å². The molecule has 1 saturated heterocycles. The standard InChI is InChI=1S/C29H32Cl3N2O2P/c1-28(2)17-23(18-29(3,4)34(28)36)33-27(35)19-37(24-11-5-20(30)6-12-24,25-13-7-21(31)8-14-25)26-15-9-22(32)10-16-26/h5-16,23,36H,17-19H2,1-4H3/p+1. The van der Waals surface area contributed by atoms with Crippen LogP contribution in [0.4, 0.5) is 0 Å². The second kappa shape index (κ2) is 10.8. The first-order chi connectivity index (χ1) is 17.3. The van der Waals surface area contributed by atoms with Crippen molar-refractivity contribution in [1.29, 1.82) is 0 Å². The number of benzene rings is 3. The van der Waals surface area contributed by atoms with E-state index in [0.29, 0.717) is 27.9 Å². The molecular formula is C29H33Cl3N2O2P+. The zero-order chi connectivity index (χ0) is 27.0. The quantitative estimate of drug-likeness (QED) is 0.330. The summed E-state index contributed by atoms with van der Waals surface area (Å²) >= 11 is 18.8. The van der Waals surface area contributed by atoms with Gasteiger partial charge in [-0.05, 0) is 113 Å². The molecule has 4 rings (SSSR count). The maximum Gasteiger partial charge on any atom is 0.259 e. The van der Waals surface area contributed by atoms with Crippen LogP contribution in [0.25, 0.3) is 0 Å². The van der Waals surface area contributed by atoms with Gasteiger partial charge in [0.2, 0.25) is 0 Å². The van der Waals surface area contributed by atoms with Crippen LogP contribution in [-0.2, 0) is 4.79 Å². The number of rotatable bonds is 6. The first-order valence-electron chi connectivity index (χ1n) is 12.3. The molecule has 1 fully saturated rings. The average molecular weight is 579 g/mol. The minimum Gasteiger partial charge on any atom is -0.350 e. The van der Waals surface area contributed by atoms with Crippen LogP contribution in [0.3, 0.4) is 0 Å². The number of carbonyl (C=O) groups excluding carboxylic acids is 1. The summed E-state index contributed by atoms with van der Waals surface area (Å²) in [6, 6.07) is 23.3. The Hall–Kier alpha value is -1.65. The molecule has 196 valence electrons. The third-order valence-electron chi connectivity index (χ3n) is 7.19. The molecule has 3 aromatic carbocycles. The largest absolute Gasteiger partial charge is 0.350 e. The van der Waals surface area contributed by atoms with E-state index in [1.165, 1.54) is 5.06 Å². The second-order valence-electron chi connectivity index (χ2n) is 11.0. The minimum absolute atomic E-state index is 0.0313. The number of nitrogens with one attached hydrogen (secondary N) is 1. The van der Waals surface area contributed by atoms with Crippen molar-refractivity contribution < 1.29 is 10.0 Å². The Morgan fingerprint density at radius 3 is 1.43 bits per heavy atom. The molecule has 37 heavy (non-hydrogen) atoms. The first kappa shape index (κ1) is 28.4. The number of hydrogen-bond donors (Lipinski definition) is 2. The molecule has 0 spiro atoms. The smallest absolute Gasteiger partial charge is 0.259 e.